The molecule has 0 fully saturated rings. The van der Waals surface area contributed by atoms with E-state index < -0.39 is 31.6 Å². The average Bonchev–Trinajstić information content (AvgIpc) is 2.95. The quantitative estimate of drug-likeness (QED) is 0.178. The van der Waals surface area contributed by atoms with E-state index in [1.807, 2.05) is 145 Å². The highest BCUT2D eigenvalue weighted by Gasteiger charge is 2.39. The molecule has 6 nitrogen and oxygen atoms in total. The van der Waals surface area contributed by atoms with Gasteiger partial charge in [0, 0.05) is 34.5 Å². The van der Waals surface area contributed by atoms with Gasteiger partial charge in [-0.3, -0.25) is 0 Å². The molecule has 0 saturated heterocycles. The fraction of sp³-hybridized carbons (Fsp3) is 0.368. The number of hydrogen-bond donors (Lipinski definition) is 0. The van der Waals surface area contributed by atoms with Gasteiger partial charge in [-0.05, 0) is 148 Å². The third-order valence-electron chi connectivity index (χ3n) is 7.05. The number of rotatable bonds is 9. The average molecular weight is 664 g/mol. The Hall–Kier alpha value is -3.46. The molecule has 0 aliphatic heterocycles. The Morgan fingerprint density at radius 2 is 0.848 bits per heavy atom. The Morgan fingerprint density at radius 3 is 1.17 bits per heavy atom. The first-order valence-corrected chi connectivity index (χ1v) is 18.4. The lowest BCUT2D eigenvalue weighted by Crippen LogP contribution is -2.23. The number of benzene rings is 4. The molecule has 0 spiro atoms. The van der Waals surface area contributed by atoms with Crippen LogP contribution in [0.1, 0.15) is 67.9 Å². The smallest absolute Gasteiger partial charge is 0.307 e. The minimum atomic E-state index is -4.26. The zero-order valence-corrected chi connectivity index (χ0v) is 30.7. The summed E-state index contributed by atoms with van der Waals surface area (Å²) in [5, 5.41) is 0. The highest BCUT2D eigenvalue weighted by atomic mass is 32.3. The van der Waals surface area contributed by atoms with Gasteiger partial charge in [-0.1, -0.05) is 32.9 Å². The molecule has 4 aromatic rings. The van der Waals surface area contributed by atoms with Gasteiger partial charge in [0.1, 0.15) is 22.7 Å². The molecule has 4 aromatic carbocycles. The van der Waals surface area contributed by atoms with Crippen LogP contribution in [0.4, 0.5) is 5.69 Å². The van der Waals surface area contributed by atoms with Gasteiger partial charge in [0.15, 0.2) is 0 Å². The SMILES string of the molecule is CN(C)c1ccc(S(OS(=O)(=O)c2ccc(C(C)(C)C)cc2)(c2ccc(OC(C)(C)C)cc2)c2ccc(OC(C)(C)C)cc2)cc1. The summed E-state index contributed by atoms with van der Waals surface area (Å²) in [4.78, 5) is 4.27. The van der Waals surface area contributed by atoms with Gasteiger partial charge in [-0.2, -0.15) is 8.42 Å². The molecule has 0 aliphatic rings. The Kier molecular flexibility index (Phi) is 9.98. The van der Waals surface area contributed by atoms with Crippen LogP contribution in [-0.4, -0.2) is 33.7 Å². The summed E-state index contributed by atoms with van der Waals surface area (Å²) in [7, 11) is -3.18. The van der Waals surface area contributed by atoms with Crippen LogP contribution >= 0.6 is 10.3 Å². The van der Waals surface area contributed by atoms with Crippen molar-refractivity contribution >= 4 is 26.1 Å². The van der Waals surface area contributed by atoms with Crippen LogP contribution in [-0.2, 0) is 19.2 Å². The van der Waals surface area contributed by atoms with E-state index in [4.69, 9.17) is 13.1 Å². The topological polar surface area (TPSA) is 65.1 Å². The van der Waals surface area contributed by atoms with Gasteiger partial charge in [-0.25, -0.2) is 3.63 Å². The monoisotopic (exact) mass is 663 g/mol. The first kappa shape index (κ1) is 35.4. The molecule has 0 aromatic heterocycles. The van der Waals surface area contributed by atoms with E-state index in [0.717, 1.165) is 16.1 Å². The number of hydrogen-bond acceptors (Lipinski definition) is 6. The van der Waals surface area contributed by atoms with Crippen LogP contribution in [0, 0.1) is 0 Å². The lowest BCUT2D eigenvalue weighted by molar-refractivity contribution is 0.130. The molecular formula is C38H49NO5S2. The molecule has 0 atom stereocenters. The minimum absolute atomic E-state index is 0.0997. The van der Waals surface area contributed by atoms with Crippen molar-refractivity contribution in [2.45, 2.75) is 98.5 Å². The van der Waals surface area contributed by atoms with Crippen molar-refractivity contribution in [1.82, 2.24) is 0 Å². The number of nitrogens with zero attached hydrogens (tertiary/aromatic N) is 1. The summed E-state index contributed by atoms with van der Waals surface area (Å²) in [5.74, 6) is 1.36. The third kappa shape index (κ3) is 8.46. The van der Waals surface area contributed by atoms with Crippen LogP contribution in [0.5, 0.6) is 11.5 Å². The van der Waals surface area contributed by atoms with Crippen LogP contribution in [0.25, 0.3) is 0 Å². The van der Waals surface area contributed by atoms with E-state index in [1.165, 1.54) is 0 Å². The fourth-order valence-electron chi connectivity index (χ4n) is 4.86. The van der Waals surface area contributed by atoms with Crippen molar-refractivity contribution in [3.63, 3.8) is 0 Å². The van der Waals surface area contributed by atoms with Gasteiger partial charge < -0.3 is 14.4 Å². The van der Waals surface area contributed by atoms with Crippen molar-refractivity contribution in [2.75, 3.05) is 19.0 Å². The summed E-state index contributed by atoms with van der Waals surface area (Å²) in [5.41, 5.74) is 1.11. The van der Waals surface area contributed by atoms with Gasteiger partial charge in [0.2, 0.25) is 0 Å². The number of ether oxygens (including phenoxy) is 2. The van der Waals surface area contributed by atoms with Crippen LogP contribution < -0.4 is 14.4 Å². The van der Waals surface area contributed by atoms with Gasteiger partial charge in [0.05, 0.1) is 4.90 Å². The van der Waals surface area contributed by atoms with Crippen LogP contribution in [0.2, 0.25) is 0 Å². The molecule has 0 unspecified atom stereocenters. The molecule has 0 N–H and O–H groups in total. The summed E-state index contributed by atoms with van der Waals surface area (Å²) in [6.45, 7) is 18.2. The van der Waals surface area contributed by atoms with Crippen molar-refractivity contribution in [2.24, 2.45) is 0 Å². The third-order valence-corrected chi connectivity index (χ3v) is 12.2. The van der Waals surface area contributed by atoms with Gasteiger partial charge >= 0.3 is 10.1 Å². The largest absolute Gasteiger partial charge is 0.488 e. The van der Waals surface area contributed by atoms with E-state index in [1.54, 1.807) is 12.1 Å². The minimum Gasteiger partial charge on any atom is -0.488 e. The first-order valence-electron chi connectivity index (χ1n) is 15.5. The molecule has 0 saturated carbocycles. The summed E-state index contributed by atoms with van der Waals surface area (Å²) < 4.78 is 47.6. The Bertz CT molecular complexity index is 1650. The standard InChI is InChI=1S/C38H49NO5S2/c1-36(2,3)28-12-20-35(21-13-28)46(40,41)44-45(32-22-14-29(15-23-32)39(10)11,33-24-16-30(17-25-33)42-37(4,5)6)34-26-18-31(19-27-34)43-38(7,8)9/h12-27H,1-11H3. The Balaban J connectivity index is 1.98. The molecule has 4 rings (SSSR count). The van der Waals surface area contributed by atoms with Crippen LogP contribution in [0.3, 0.4) is 0 Å². The second-order valence-electron chi connectivity index (χ2n) is 14.6. The maximum absolute atomic E-state index is 14.4. The lowest BCUT2D eigenvalue weighted by Gasteiger charge is -2.40. The molecule has 0 amide bonds. The lowest BCUT2D eigenvalue weighted by atomic mass is 9.87. The van der Waals surface area contributed by atoms with E-state index in [-0.39, 0.29) is 10.3 Å². The number of anilines is 1. The second-order valence-corrected chi connectivity index (χ2v) is 19.1. The fourth-order valence-corrected chi connectivity index (χ4v) is 10.0. The Morgan fingerprint density at radius 1 is 0.500 bits per heavy atom. The molecule has 8 heteroatoms. The summed E-state index contributed by atoms with van der Waals surface area (Å²) in [6.07, 6.45) is 0. The molecule has 248 valence electrons. The highest BCUT2D eigenvalue weighted by Crippen LogP contribution is 2.70. The summed E-state index contributed by atoms with van der Waals surface area (Å²) >= 11 is 0. The molecular weight excluding hydrogens is 615 g/mol. The van der Waals surface area contributed by atoms with Crippen molar-refractivity contribution in [1.29, 1.82) is 0 Å². The second kappa shape index (κ2) is 13.0. The van der Waals surface area contributed by atoms with E-state index in [9.17, 15) is 8.42 Å². The predicted molar refractivity (Wildman–Crippen MR) is 190 cm³/mol. The maximum atomic E-state index is 14.4. The predicted octanol–water partition coefficient (Wildman–Crippen LogP) is 10.0. The molecule has 46 heavy (non-hydrogen) atoms. The van der Waals surface area contributed by atoms with Gasteiger partial charge in [-0.15, -0.1) is 0 Å². The van der Waals surface area contributed by atoms with E-state index in [0.29, 0.717) is 21.3 Å². The molecule has 0 bridgehead atoms. The summed E-state index contributed by atoms with van der Waals surface area (Å²) in [6, 6.07) is 30.0. The van der Waals surface area contributed by atoms with Crippen molar-refractivity contribution in [3.05, 3.63) is 103 Å². The van der Waals surface area contributed by atoms with Crippen LogP contribution in [0.15, 0.2) is 117 Å². The van der Waals surface area contributed by atoms with E-state index >= 15 is 0 Å². The first-order chi connectivity index (χ1) is 21.2. The van der Waals surface area contributed by atoms with Gasteiger partial charge in [0.25, 0.3) is 0 Å². The molecule has 0 heterocycles. The van der Waals surface area contributed by atoms with Crippen molar-refractivity contribution in [3.8, 4) is 11.5 Å². The normalized spacial score (nSPS) is 13.3. The zero-order chi connectivity index (χ0) is 34.1. The Labute approximate surface area is 278 Å². The van der Waals surface area contributed by atoms with E-state index in [2.05, 4.69) is 20.8 Å². The highest BCUT2D eigenvalue weighted by molar-refractivity contribution is 8.33. The molecule has 0 aliphatic carbocycles. The molecule has 0 radical (unpaired) electrons. The van der Waals surface area contributed by atoms with Crippen molar-refractivity contribution < 1.29 is 21.5 Å². The maximum Gasteiger partial charge on any atom is 0.307 e. The zero-order valence-electron chi connectivity index (χ0n) is 29.0.